The highest BCUT2D eigenvalue weighted by Gasteiger charge is 2.25. The van der Waals surface area contributed by atoms with E-state index in [-0.39, 0.29) is 5.84 Å². The van der Waals surface area contributed by atoms with Gasteiger partial charge in [-0.2, -0.15) is 0 Å². The molecule has 0 aromatic heterocycles. The number of hydrogen-bond acceptors (Lipinski definition) is 4. The summed E-state index contributed by atoms with van der Waals surface area (Å²) < 4.78 is 0. The lowest BCUT2D eigenvalue weighted by molar-refractivity contribution is 0.465. The Bertz CT molecular complexity index is 678. The van der Waals surface area contributed by atoms with E-state index in [1.165, 1.54) is 11.1 Å². The average molecular weight is 355 g/mol. The molecule has 2 aliphatic rings. The summed E-state index contributed by atoms with van der Waals surface area (Å²) in [6.45, 7) is 5.56. The first-order valence-corrected chi connectivity index (χ1v) is 9.34. The van der Waals surface area contributed by atoms with Gasteiger partial charge in [0, 0.05) is 58.3 Å². The molecule has 140 valence electrons. The van der Waals surface area contributed by atoms with Crippen molar-refractivity contribution >= 4 is 17.6 Å². The molecule has 0 spiro atoms. The van der Waals surface area contributed by atoms with Crippen LogP contribution in [0.1, 0.15) is 24.0 Å². The van der Waals surface area contributed by atoms with Crippen molar-refractivity contribution < 1.29 is 0 Å². The third-order valence-electron chi connectivity index (χ3n) is 4.85. The Balaban J connectivity index is 1.53. The zero-order valence-corrected chi connectivity index (χ0v) is 15.5. The van der Waals surface area contributed by atoms with E-state index in [0.717, 1.165) is 63.9 Å². The zero-order valence-electron chi connectivity index (χ0n) is 15.5. The topological polar surface area (TPSA) is 93.1 Å². The number of aliphatic imine (C=N–C) groups is 2. The van der Waals surface area contributed by atoms with Crippen LogP contribution in [0.3, 0.4) is 0 Å². The second-order valence-electron chi connectivity index (χ2n) is 6.73. The van der Waals surface area contributed by atoms with Crippen molar-refractivity contribution in [3.05, 3.63) is 35.4 Å². The third kappa shape index (κ3) is 4.53. The van der Waals surface area contributed by atoms with Crippen LogP contribution in [0.2, 0.25) is 0 Å². The summed E-state index contributed by atoms with van der Waals surface area (Å²) in [6.07, 6.45) is 2.69. The highest BCUT2D eigenvalue weighted by molar-refractivity contribution is 5.99. The predicted molar refractivity (Wildman–Crippen MR) is 107 cm³/mol. The molecule has 7 heteroatoms. The number of amidine groups is 2. The molecule has 0 unspecified atom stereocenters. The summed E-state index contributed by atoms with van der Waals surface area (Å²) in [4.78, 5) is 13.5. The van der Waals surface area contributed by atoms with E-state index >= 15 is 0 Å². The fraction of sp³-hybridized carbons (Fsp3) is 0.526. The van der Waals surface area contributed by atoms with Gasteiger partial charge in [0.2, 0.25) is 0 Å². The molecule has 26 heavy (non-hydrogen) atoms. The van der Waals surface area contributed by atoms with Gasteiger partial charge >= 0.3 is 0 Å². The number of nitrogens with two attached hydrogens (primary N) is 1. The minimum Gasteiger partial charge on any atom is -0.388 e. The quantitative estimate of drug-likeness (QED) is 0.500. The molecule has 0 amide bonds. The molecule has 0 saturated carbocycles. The largest absolute Gasteiger partial charge is 0.388 e. The molecule has 2 aliphatic heterocycles. The maximum Gasteiger partial charge on any atom is 0.196 e. The van der Waals surface area contributed by atoms with E-state index in [1.807, 2.05) is 7.05 Å². The van der Waals surface area contributed by atoms with Crippen LogP contribution in [0.15, 0.2) is 34.3 Å². The first-order valence-electron chi connectivity index (χ1n) is 9.34. The van der Waals surface area contributed by atoms with E-state index in [9.17, 15) is 0 Å². The van der Waals surface area contributed by atoms with Gasteiger partial charge in [-0.15, -0.1) is 0 Å². The van der Waals surface area contributed by atoms with E-state index in [0.29, 0.717) is 6.42 Å². The van der Waals surface area contributed by atoms with Gasteiger partial charge in [-0.1, -0.05) is 24.3 Å². The van der Waals surface area contributed by atoms with E-state index in [1.54, 1.807) is 0 Å². The second-order valence-corrected chi connectivity index (χ2v) is 6.73. The fourth-order valence-corrected chi connectivity index (χ4v) is 3.42. The molecule has 4 N–H and O–H groups in total. The van der Waals surface area contributed by atoms with Gasteiger partial charge in [-0.05, 0) is 18.4 Å². The van der Waals surface area contributed by atoms with Crippen molar-refractivity contribution in [2.75, 3.05) is 46.3 Å². The number of rotatable bonds is 7. The smallest absolute Gasteiger partial charge is 0.196 e. The number of nitrogens with zero attached hydrogens (tertiary/aromatic N) is 4. The average Bonchev–Trinajstić information content (AvgIpc) is 3.07. The summed E-state index contributed by atoms with van der Waals surface area (Å²) in [7, 11) is 1.83. The van der Waals surface area contributed by atoms with Crippen molar-refractivity contribution in [1.82, 2.24) is 15.1 Å². The van der Waals surface area contributed by atoms with Crippen LogP contribution in [0.4, 0.5) is 0 Å². The molecule has 7 nitrogen and oxygen atoms in total. The van der Waals surface area contributed by atoms with Crippen molar-refractivity contribution in [3.8, 4) is 0 Å². The molecule has 0 aliphatic carbocycles. The molecule has 0 radical (unpaired) electrons. The van der Waals surface area contributed by atoms with Crippen LogP contribution in [-0.2, 0) is 6.42 Å². The molecule has 2 heterocycles. The Morgan fingerprint density at radius 1 is 1.23 bits per heavy atom. The maximum atomic E-state index is 7.40. The first-order chi connectivity index (χ1) is 12.7. The molecular formula is C19H29N7. The first kappa shape index (κ1) is 18.2. The summed E-state index contributed by atoms with van der Waals surface area (Å²) in [6, 6.07) is 8.70. The third-order valence-corrected chi connectivity index (χ3v) is 4.85. The predicted octanol–water partition coefficient (Wildman–Crippen LogP) is 0.898. The summed E-state index contributed by atoms with van der Waals surface area (Å²) in [5.74, 6) is 2.27. The molecule has 0 atom stereocenters. The van der Waals surface area contributed by atoms with Gasteiger partial charge in [-0.3, -0.25) is 15.4 Å². The van der Waals surface area contributed by atoms with Crippen LogP contribution in [0.5, 0.6) is 0 Å². The molecule has 1 aromatic rings. The molecule has 1 saturated heterocycles. The zero-order chi connectivity index (χ0) is 18.4. The second kappa shape index (κ2) is 8.69. The van der Waals surface area contributed by atoms with Crippen LogP contribution < -0.4 is 11.1 Å². The van der Waals surface area contributed by atoms with Crippen molar-refractivity contribution in [3.63, 3.8) is 0 Å². The lowest BCUT2D eigenvalue weighted by Crippen LogP contribution is -2.36. The minimum absolute atomic E-state index is 0.232. The van der Waals surface area contributed by atoms with Gasteiger partial charge in [-0.25, -0.2) is 0 Å². The molecule has 3 rings (SSSR count). The summed E-state index contributed by atoms with van der Waals surface area (Å²) >= 11 is 0. The molecule has 0 bridgehead atoms. The summed E-state index contributed by atoms with van der Waals surface area (Å²) in [5, 5.41) is 10.8. The van der Waals surface area contributed by atoms with Gasteiger partial charge in [0.15, 0.2) is 5.96 Å². The van der Waals surface area contributed by atoms with Gasteiger partial charge in [0.25, 0.3) is 0 Å². The Hall–Kier alpha value is -2.57. The fourth-order valence-electron chi connectivity index (χ4n) is 3.42. The molecular weight excluding hydrogens is 326 g/mol. The highest BCUT2D eigenvalue weighted by Crippen LogP contribution is 2.12. The maximum absolute atomic E-state index is 7.40. The Morgan fingerprint density at radius 3 is 2.58 bits per heavy atom. The van der Waals surface area contributed by atoms with E-state index < -0.39 is 0 Å². The van der Waals surface area contributed by atoms with Crippen molar-refractivity contribution in [2.45, 2.75) is 19.3 Å². The van der Waals surface area contributed by atoms with Crippen LogP contribution >= 0.6 is 0 Å². The monoisotopic (exact) mass is 355 g/mol. The van der Waals surface area contributed by atoms with Gasteiger partial charge < -0.3 is 20.9 Å². The molecule has 1 fully saturated rings. The van der Waals surface area contributed by atoms with Gasteiger partial charge in [0.1, 0.15) is 5.84 Å². The number of guanidine groups is 1. The van der Waals surface area contributed by atoms with Crippen LogP contribution in [0, 0.1) is 5.41 Å². The highest BCUT2D eigenvalue weighted by atomic mass is 15.4. The summed E-state index contributed by atoms with van der Waals surface area (Å²) in [5.41, 5.74) is 7.97. The van der Waals surface area contributed by atoms with E-state index in [2.05, 4.69) is 49.4 Å². The minimum atomic E-state index is 0.232. The van der Waals surface area contributed by atoms with E-state index in [4.69, 9.17) is 11.1 Å². The van der Waals surface area contributed by atoms with Crippen molar-refractivity contribution in [2.24, 2.45) is 15.7 Å². The van der Waals surface area contributed by atoms with Gasteiger partial charge in [0.05, 0.1) is 5.84 Å². The Kier molecular flexibility index (Phi) is 6.09. The lowest BCUT2D eigenvalue weighted by Gasteiger charge is -2.23. The number of nitrogens with one attached hydrogen (secondary N) is 2. The molecule has 1 aromatic carbocycles. The van der Waals surface area contributed by atoms with Crippen LogP contribution in [0.25, 0.3) is 0 Å². The lowest BCUT2D eigenvalue weighted by atomic mass is 10.1. The Morgan fingerprint density at radius 2 is 1.96 bits per heavy atom. The normalized spacial score (nSPS) is 18.8. The number of benzene rings is 1. The number of hydrogen-bond donors (Lipinski definition) is 3. The SMILES string of the molecule is CN=C1N(CCC(=N)N)CCN1CCc1ccc(C2=NCCCN2)cc1. The van der Waals surface area contributed by atoms with Crippen LogP contribution in [-0.4, -0.2) is 73.7 Å². The standard InChI is InChI=1S/C19H29N7/c1-22-19-25(13-14-26(19)12-8-17(20)21)11-7-15-3-5-16(6-4-15)18-23-9-2-10-24-18/h3-6H,2,7-14H2,1H3,(H3,20,21)(H,23,24). The van der Waals surface area contributed by atoms with Crippen molar-refractivity contribution in [1.29, 1.82) is 5.41 Å². The Labute approximate surface area is 155 Å².